The Labute approximate surface area is 123 Å². The van der Waals surface area contributed by atoms with Crippen molar-refractivity contribution in [2.45, 2.75) is 13.0 Å². The molecule has 4 nitrogen and oxygen atoms in total. The average Bonchev–Trinajstić information content (AvgIpc) is 2.89. The van der Waals surface area contributed by atoms with E-state index in [1.54, 1.807) is 18.3 Å². The zero-order chi connectivity index (χ0) is 14.7. The topological polar surface area (TPSA) is 64.1 Å². The number of nitrogens with two attached hydrogens (primary N) is 1. The second-order valence-electron chi connectivity index (χ2n) is 5.02. The number of aromatic hydroxyl groups is 1. The van der Waals surface area contributed by atoms with Crippen LogP contribution < -0.4 is 5.73 Å². The maximum absolute atomic E-state index is 9.54. The summed E-state index contributed by atoms with van der Waals surface area (Å²) < 4.78 is 2.07. The molecular formula is C17H17N3O. The van der Waals surface area contributed by atoms with E-state index in [1.807, 2.05) is 42.6 Å². The average molecular weight is 279 g/mol. The van der Waals surface area contributed by atoms with Gasteiger partial charge in [0.2, 0.25) is 0 Å². The molecule has 3 rings (SSSR count). The number of para-hydroxylation sites is 1. The first-order valence-corrected chi connectivity index (χ1v) is 6.83. The number of hydrogen-bond acceptors (Lipinski definition) is 3. The van der Waals surface area contributed by atoms with Gasteiger partial charge in [-0.15, -0.1) is 0 Å². The Morgan fingerprint density at radius 3 is 2.76 bits per heavy atom. The molecule has 1 aromatic heterocycles. The van der Waals surface area contributed by atoms with Crippen molar-refractivity contribution in [3.63, 3.8) is 0 Å². The quantitative estimate of drug-likeness (QED) is 0.722. The van der Waals surface area contributed by atoms with Gasteiger partial charge in [-0.1, -0.05) is 30.3 Å². The number of rotatable bonds is 4. The van der Waals surface area contributed by atoms with Crippen LogP contribution in [0.3, 0.4) is 0 Å². The first kappa shape index (κ1) is 13.2. The van der Waals surface area contributed by atoms with E-state index in [9.17, 15) is 5.11 Å². The summed E-state index contributed by atoms with van der Waals surface area (Å²) in [6.45, 7) is 0.677. The van der Waals surface area contributed by atoms with Gasteiger partial charge in [0.05, 0.1) is 0 Å². The standard InChI is InChI=1S/C17H17N3O/c18-16-7-2-1-5-14(16)11-17-19-8-9-20(17)12-13-4-3-6-15(21)10-13/h1-10,21H,11-12,18H2. The van der Waals surface area contributed by atoms with Gasteiger partial charge in [0.15, 0.2) is 0 Å². The highest BCUT2D eigenvalue weighted by molar-refractivity contribution is 5.47. The van der Waals surface area contributed by atoms with E-state index in [2.05, 4.69) is 9.55 Å². The number of anilines is 1. The molecule has 0 aliphatic heterocycles. The van der Waals surface area contributed by atoms with Crippen molar-refractivity contribution in [3.05, 3.63) is 77.9 Å². The number of nitrogen functional groups attached to an aromatic ring is 1. The number of benzene rings is 2. The lowest BCUT2D eigenvalue weighted by molar-refractivity contribution is 0.474. The molecule has 0 unspecified atom stereocenters. The lowest BCUT2D eigenvalue weighted by Gasteiger charge is -2.10. The van der Waals surface area contributed by atoms with Gasteiger partial charge in [-0.2, -0.15) is 0 Å². The van der Waals surface area contributed by atoms with Crippen LogP contribution in [0.1, 0.15) is 17.0 Å². The Morgan fingerprint density at radius 2 is 1.95 bits per heavy atom. The van der Waals surface area contributed by atoms with Gasteiger partial charge in [-0.05, 0) is 29.3 Å². The van der Waals surface area contributed by atoms with Crippen LogP contribution in [0.25, 0.3) is 0 Å². The molecule has 2 aromatic carbocycles. The molecule has 0 saturated heterocycles. The lowest BCUT2D eigenvalue weighted by Crippen LogP contribution is -2.06. The zero-order valence-corrected chi connectivity index (χ0v) is 11.6. The fourth-order valence-electron chi connectivity index (χ4n) is 2.37. The summed E-state index contributed by atoms with van der Waals surface area (Å²) in [5.74, 6) is 1.23. The summed E-state index contributed by atoms with van der Waals surface area (Å²) in [5.41, 5.74) is 8.88. The fraction of sp³-hybridized carbons (Fsp3) is 0.118. The van der Waals surface area contributed by atoms with E-state index >= 15 is 0 Å². The number of hydrogen-bond donors (Lipinski definition) is 2. The van der Waals surface area contributed by atoms with Gasteiger partial charge in [-0.25, -0.2) is 4.98 Å². The van der Waals surface area contributed by atoms with Gasteiger partial charge in [-0.3, -0.25) is 0 Å². The molecule has 3 N–H and O–H groups in total. The van der Waals surface area contributed by atoms with Gasteiger partial charge < -0.3 is 15.4 Å². The van der Waals surface area contributed by atoms with Crippen LogP contribution in [0.5, 0.6) is 5.75 Å². The first-order chi connectivity index (χ1) is 10.2. The minimum absolute atomic E-state index is 0.279. The summed E-state index contributed by atoms with van der Waals surface area (Å²) >= 11 is 0. The highest BCUT2D eigenvalue weighted by atomic mass is 16.3. The molecule has 0 radical (unpaired) electrons. The maximum atomic E-state index is 9.54. The molecule has 0 atom stereocenters. The number of aromatic nitrogens is 2. The van der Waals surface area contributed by atoms with Crippen molar-refractivity contribution in [2.75, 3.05) is 5.73 Å². The zero-order valence-electron chi connectivity index (χ0n) is 11.6. The Bertz CT molecular complexity index is 749. The van der Waals surface area contributed by atoms with Crippen LogP contribution in [0.2, 0.25) is 0 Å². The van der Waals surface area contributed by atoms with E-state index in [0.717, 1.165) is 22.6 Å². The summed E-state index contributed by atoms with van der Waals surface area (Å²) in [4.78, 5) is 4.42. The fourth-order valence-corrected chi connectivity index (χ4v) is 2.37. The van der Waals surface area contributed by atoms with E-state index in [0.29, 0.717) is 13.0 Å². The van der Waals surface area contributed by atoms with E-state index < -0.39 is 0 Å². The van der Waals surface area contributed by atoms with Crippen LogP contribution in [-0.2, 0) is 13.0 Å². The molecule has 0 aliphatic rings. The molecule has 0 spiro atoms. The summed E-state index contributed by atoms with van der Waals surface area (Å²) in [5, 5.41) is 9.54. The smallest absolute Gasteiger partial charge is 0.115 e. The molecule has 0 saturated carbocycles. The molecular weight excluding hydrogens is 262 g/mol. The van der Waals surface area contributed by atoms with Crippen molar-refractivity contribution in [2.24, 2.45) is 0 Å². The van der Waals surface area contributed by atoms with E-state index in [-0.39, 0.29) is 5.75 Å². The van der Waals surface area contributed by atoms with Crippen molar-refractivity contribution in [1.82, 2.24) is 9.55 Å². The third kappa shape index (κ3) is 3.05. The summed E-state index contributed by atoms with van der Waals surface area (Å²) in [6, 6.07) is 15.1. The van der Waals surface area contributed by atoms with Gasteiger partial charge in [0.25, 0.3) is 0 Å². The Morgan fingerprint density at radius 1 is 1.10 bits per heavy atom. The minimum Gasteiger partial charge on any atom is -0.508 e. The summed E-state index contributed by atoms with van der Waals surface area (Å²) in [7, 11) is 0. The molecule has 0 fully saturated rings. The van der Waals surface area contributed by atoms with Crippen molar-refractivity contribution in [3.8, 4) is 5.75 Å². The second kappa shape index (κ2) is 5.71. The van der Waals surface area contributed by atoms with Crippen LogP contribution in [0, 0.1) is 0 Å². The largest absolute Gasteiger partial charge is 0.508 e. The molecule has 21 heavy (non-hydrogen) atoms. The summed E-state index contributed by atoms with van der Waals surface area (Å²) in [6.07, 6.45) is 4.42. The number of nitrogens with zero attached hydrogens (tertiary/aromatic N) is 2. The van der Waals surface area contributed by atoms with Crippen molar-refractivity contribution < 1.29 is 5.11 Å². The molecule has 4 heteroatoms. The molecule has 106 valence electrons. The molecule has 0 bridgehead atoms. The van der Waals surface area contributed by atoms with E-state index in [4.69, 9.17) is 5.73 Å². The van der Waals surface area contributed by atoms with Gasteiger partial charge in [0, 0.05) is 31.0 Å². The first-order valence-electron chi connectivity index (χ1n) is 6.83. The van der Waals surface area contributed by atoms with Crippen LogP contribution in [0.15, 0.2) is 60.9 Å². The third-order valence-corrected chi connectivity index (χ3v) is 3.47. The highest BCUT2D eigenvalue weighted by Gasteiger charge is 2.07. The predicted octanol–water partition coefficient (Wildman–Crippen LogP) is 2.81. The Kier molecular flexibility index (Phi) is 3.60. The van der Waals surface area contributed by atoms with Gasteiger partial charge in [0.1, 0.15) is 11.6 Å². The maximum Gasteiger partial charge on any atom is 0.115 e. The van der Waals surface area contributed by atoms with Crippen molar-refractivity contribution in [1.29, 1.82) is 0 Å². The number of imidazole rings is 1. The number of phenolic OH excluding ortho intramolecular Hbond substituents is 1. The molecule has 1 heterocycles. The Balaban J connectivity index is 1.83. The Hall–Kier alpha value is -2.75. The number of phenols is 1. The second-order valence-corrected chi connectivity index (χ2v) is 5.02. The van der Waals surface area contributed by atoms with Crippen LogP contribution >= 0.6 is 0 Å². The minimum atomic E-state index is 0.279. The van der Waals surface area contributed by atoms with Gasteiger partial charge >= 0.3 is 0 Å². The lowest BCUT2D eigenvalue weighted by atomic mass is 10.1. The van der Waals surface area contributed by atoms with E-state index in [1.165, 1.54) is 0 Å². The predicted molar refractivity (Wildman–Crippen MR) is 83.1 cm³/mol. The highest BCUT2D eigenvalue weighted by Crippen LogP contribution is 2.17. The van der Waals surface area contributed by atoms with Crippen molar-refractivity contribution >= 4 is 5.69 Å². The SMILES string of the molecule is Nc1ccccc1Cc1nccn1Cc1cccc(O)c1. The van der Waals surface area contributed by atoms with Crippen LogP contribution in [-0.4, -0.2) is 14.7 Å². The third-order valence-electron chi connectivity index (χ3n) is 3.47. The monoisotopic (exact) mass is 279 g/mol. The van der Waals surface area contributed by atoms with Crippen LogP contribution in [0.4, 0.5) is 5.69 Å². The normalized spacial score (nSPS) is 10.7. The molecule has 0 aliphatic carbocycles. The molecule has 3 aromatic rings. The molecule has 0 amide bonds.